The number of carbonyl (C=O) groups is 1. The number of urea groups is 1. The molecule has 5 heteroatoms. The van der Waals surface area contributed by atoms with Crippen molar-refractivity contribution in [3.8, 4) is 11.3 Å². The van der Waals surface area contributed by atoms with E-state index >= 15 is 0 Å². The van der Waals surface area contributed by atoms with Crippen molar-refractivity contribution in [2.45, 2.75) is 12.6 Å². The van der Waals surface area contributed by atoms with Crippen molar-refractivity contribution in [2.75, 3.05) is 19.7 Å². The average molecular weight is 362 g/mol. The van der Waals surface area contributed by atoms with Gasteiger partial charge in [0.25, 0.3) is 0 Å². The number of hydrogen-bond acceptors (Lipinski definition) is 3. The summed E-state index contributed by atoms with van der Waals surface area (Å²) in [5, 5.41) is 2.94. The molecule has 0 bridgehead atoms. The molecule has 138 valence electrons. The van der Waals surface area contributed by atoms with Crippen molar-refractivity contribution in [1.29, 1.82) is 0 Å². The summed E-state index contributed by atoms with van der Waals surface area (Å²) in [6.07, 6.45) is -0.0843. The topological polar surface area (TPSA) is 54.7 Å². The Bertz CT molecular complexity index is 877. The Morgan fingerprint density at radius 3 is 2.52 bits per heavy atom. The van der Waals surface area contributed by atoms with Gasteiger partial charge >= 0.3 is 6.03 Å². The summed E-state index contributed by atoms with van der Waals surface area (Å²) in [5.41, 5.74) is 2.11. The lowest BCUT2D eigenvalue weighted by Crippen LogP contribution is -2.46. The van der Waals surface area contributed by atoms with Crippen LogP contribution < -0.4 is 5.32 Å². The lowest BCUT2D eigenvalue weighted by molar-refractivity contribution is -0.0155. The summed E-state index contributed by atoms with van der Waals surface area (Å²) < 4.78 is 11.7. The third-order valence-electron chi connectivity index (χ3n) is 4.66. The molecule has 2 aromatic carbocycles. The van der Waals surface area contributed by atoms with Gasteiger partial charge < -0.3 is 19.4 Å². The molecule has 2 heterocycles. The molecule has 0 unspecified atom stereocenters. The molecule has 1 aliphatic heterocycles. The van der Waals surface area contributed by atoms with E-state index in [1.807, 2.05) is 72.8 Å². The van der Waals surface area contributed by atoms with Gasteiger partial charge in [-0.05, 0) is 17.7 Å². The summed E-state index contributed by atoms with van der Waals surface area (Å²) in [5.74, 6) is 1.53. The van der Waals surface area contributed by atoms with Crippen LogP contribution in [0, 0.1) is 0 Å². The molecule has 1 fully saturated rings. The Balaban J connectivity index is 1.33. The van der Waals surface area contributed by atoms with Crippen LogP contribution >= 0.6 is 0 Å². The van der Waals surface area contributed by atoms with Gasteiger partial charge in [-0.1, -0.05) is 60.7 Å². The fourth-order valence-corrected chi connectivity index (χ4v) is 3.21. The van der Waals surface area contributed by atoms with E-state index in [4.69, 9.17) is 9.15 Å². The molecule has 0 radical (unpaired) electrons. The van der Waals surface area contributed by atoms with Crippen LogP contribution in [-0.2, 0) is 11.3 Å². The van der Waals surface area contributed by atoms with E-state index < -0.39 is 0 Å². The van der Waals surface area contributed by atoms with E-state index in [1.54, 1.807) is 4.90 Å². The van der Waals surface area contributed by atoms with Crippen LogP contribution in [-0.4, -0.2) is 30.6 Å². The molecule has 0 aliphatic carbocycles. The molecular weight excluding hydrogens is 340 g/mol. The van der Waals surface area contributed by atoms with Crippen molar-refractivity contribution >= 4 is 6.03 Å². The van der Waals surface area contributed by atoms with Crippen molar-refractivity contribution < 1.29 is 13.9 Å². The maximum atomic E-state index is 12.5. The quantitative estimate of drug-likeness (QED) is 0.756. The maximum absolute atomic E-state index is 12.5. The maximum Gasteiger partial charge on any atom is 0.317 e. The Kier molecular flexibility index (Phi) is 5.21. The first-order chi connectivity index (χ1) is 13.3. The first-order valence-corrected chi connectivity index (χ1v) is 9.13. The fourth-order valence-electron chi connectivity index (χ4n) is 3.21. The van der Waals surface area contributed by atoms with Gasteiger partial charge in [0.2, 0.25) is 0 Å². The van der Waals surface area contributed by atoms with Crippen LogP contribution in [0.2, 0.25) is 0 Å². The number of nitrogens with one attached hydrogen (secondary N) is 1. The Labute approximate surface area is 158 Å². The molecule has 1 N–H and O–H groups in total. The summed E-state index contributed by atoms with van der Waals surface area (Å²) in [4.78, 5) is 14.3. The monoisotopic (exact) mass is 362 g/mol. The summed E-state index contributed by atoms with van der Waals surface area (Å²) >= 11 is 0. The summed E-state index contributed by atoms with van der Waals surface area (Å²) in [6, 6.07) is 23.6. The number of hydrogen-bond donors (Lipinski definition) is 1. The predicted octanol–water partition coefficient (Wildman–Crippen LogP) is 4.23. The van der Waals surface area contributed by atoms with Crippen LogP contribution in [0.1, 0.15) is 17.4 Å². The molecule has 5 nitrogen and oxygen atoms in total. The standard InChI is InChI=1S/C22H22N2O3/c25-22(24-13-14-26-21(16-24)18-9-5-2-6-10-18)23-15-19-11-12-20(27-19)17-7-3-1-4-8-17/h1-12,21H,13-16H2,(H,23,25)/t21-/m0/s1. The lowest BCUT2D eigenvalue weighted by atomic mass is 10.1. The van der Waals surface area contributed by atoms with E-state index in [2.05, 4.69) is 5.32 Å². The Morgan fingerprint density at radius 1 is 1.00 bits per heavy atom. The first kappa shape index (κ1) is 17.4. The Hall–Kier alpha value is -3.05. The van der Waals surface area contributed by atoms with E-state index in [1.165, 1.54) is 0 Å². The van der Waals surface area contributed by atoms with Gasteiger partial charge in [-0.25, -0.2) is 4.79 Å². The van der Waals surface area contributed by atoms with Gasteiger partial charge in [-0.3, -0.25) is 0 Å². The third kappa shape index (κ3) is 4.20. The zero-order valence-corrected chi connectivity index (χ0v) is 15.0. The number of carbonyl (C=O) groups excluding carboxylic acids is 1. The van der Waals surface area contributed by atoms with Crippen LogP contribution in [0.15, 0.2) is 77.2 Å². The average Bonchev–Trinajstić information content (AvgIpc) is 3.22. The second-order valence-electron chi connectivity index (χ2n) is 6.51. The largest absolute Gasteiger partial charge is 0.459 e. The number of nitrogens with zero attached hydrogens (tertiary/aromatic N) is 1. The van der Waals surface area contributed by atoms with Crippen molar-refractivity contribution in [3.63, 3.8) is 0 Å². The first-order valence-electron chi connectivity index (χ1n) is 9.13. The van der Waals surface area contributed by atoms with Gasteiger partial charge in [0.1, 0.15) is 17.6 Å². The molecule has 3 aromatic rings. The molecule has 1 atom stereocenters. The molecule has 0 spiro atoms. The van der Waals surface area contributed by atoms with E-state index in [0.717, 1.165) is 22.6 Å². The normalized spacial score (nSPS) is 16.9. The minimum atomic E-state index is -0.100. The van der Waals surface area contributed by atoms with Crippen LogP contribution in [0.4, 0.5) is 4.79 Å². The zero-order chi connectivity index (χ0) is 18.5. The molecule has 1 saturated heterocycles. The zero-order valence-electron chi connectivity index (χ0n) is 15.0. The second-order valence-corrected chi connectivity index (χ2v) is 6.51. The summed E-state index contributed by atoms with van der Waals surface area (Å²) in [6.45, 7) is 2.02. The highest BCUT2D eigenvalue weighted by molar-refractivity contribution is 5.74. The van der Waals surface area contributed by atoms with Crippen LogP contribution in [0.25, 0.3) is 11.3 Å². The highest BCUT2D eigenvalue weighted by Crippen LogP contribution is 2.23. The van der Waals surface area contributed by atoms with Crippen molar-refractivity contribution in [3.05, 3.63) is 84.1 Å². The number of ether oxygens (including phenoxy) is 1. The number of benzene rings is 2. The van der Waals surface area contributed by atoms with Gasteiger partial charge in [0.05, 0.1) is 19.7 Å². The molecule has 1 aliphatic rings. The van der Waals surface area contributed by atoms with Gasteiger partial charge in [-0.2, -0.15) is 0 Å². The highest BCUT2D eigenvalue weighted by atomic mass is 16.5. The molecule has 27 heavy (non-hydrogen) atoms. The number of amides is 2. The third-order valence-corrected chi connectivity index (χ3v) is 4.66. The minimum absolute atomic E-state index is 0.0843. The lowest BCUT2D eigenvalue weighted by Gasteiger charge is -2.33. The number of rotatable bonds is 4. The number of furan rings is 1. The van der Waals surface area contributed by atoms with Crippen molar-refractivity contribution in [2.24, 2.45) is 0 Å². The van der Waals surface area contributed by atoms with Crippen LogP contribution in [0.3, 0.4) is 0 Å². The van der Waals surface area contributed by atoms with Gasteiger partial charge in [0.15, 0.2) is 0 Å². The van der Waals surface area contributed by atoms with E-state index in [9.17, 15) is 4.79 Å². The van der Waals surface area contributed by atoms with Crippen LogP contribution in [0.5, 0.6) is 0 Å². The second kappa shape index (κ2) is 8.10. The van der Waals surface area contributed by atoms with Gasteiger partial charge in [-0.15, -0.1) is 0 Å². The molecule has 2 amide bonds. The Morgan fingerprint density at radius 2 is 1.74 bits per heavy atom. The minimum Gasteiger partial charge on any atom is -0.459 e. The molecule has 0 saturated carbocycles. The fraction of sp³-hybridized carbons (Fsp3) is 0.227. The van der Waals surface area contributed by atoms with Crippen molar-refractivity contribution in [1.82, 2.24) is 10.2 Å². The smallest absolute Gasteiger partial charge is 0.317 e. The predicted molar refractivity (Wildman–Crippen MR) is 103 cm³/mol. The van der Waals surface area contributed by atoms with Gasteiger partial charge in [0, 0.05) is 12.1 Å². The highest BCUT2D eigenvalue weighted by Gasteiger charge is 2.25. The molecule has 1 aromatic heterocycles. The molecule has 4 rings (SSSR count). The van der Waals surface area contributed by atoms with E-state index in [0.29, 0.717) is 26.2 Å². The SMILES string of the molecule is O=C(NCc1ccc(-c2ccccc2)o1)N1CCO[C@H](c2ccccc2)C1. The molecular formula is C22H22N2O3. The summed E-state index contributed by atoms with van der Waals surface area (Å²) in [7, 11) is 0. The number of morpholine rings is 1. The van der Waals surface area contributed by atoms with E-state index in [-0.39, 0.29) is 12.1 Å².